The van der Waals surface area contributed by atoms with Gasteiger partial charge in [0.2, 0.25) is 0 Å². The number of aryl methyl sites for hydroxylation is 1. The predicted octanol–water partition coefficient (Wildman–Crippen LogP) is 6.76. The molecule has 6 rings (SSSR count). The van der Waals surface area contributed by atoms with Crippen LogP contribution in [0, 0.1) is 6.92 Å². The van der Waals surface area contributed by atoms with E-state index < -0.39 is 5.60 Å². The molecule has 0 radical (unpaired) electrons. The van der Waals surface area contributed by atoms with Crippen molar-refractivity contribution in [2.45, 2.75) is 19.4 Å². The average molecular weight is 463 g/mol. The van der Waals surface area contributed by atoms with E-state index in [1.165, 1.54) is 5.56 Å². The van der Waals surface area contributed by atoms with Crippen LogP contribution in [0.1, 0.15) is 39.5 Å². The van der Waals surface area contributed by atoms with E-state index in [1.807, 2.05) is 67.7 Å². The number of hydrogen-bond donors (Lipinski definition) is 1. The normalized spacial score (nSPS) is 17.2. The summed E-state index contributed by atoms with van der Waals surface area (Å²) in [6.45, 7) is 5.02. The van der Waals surface area contributed by atoms with Crippen LogP contribution in [-0.2, 0) is 10.3 Å². The van der Waals surface area contributed by atoms with Gasteiger partial charge in [-0.05, 0) is 55.8 Å². The summed E-state index contributed by atoms with van der Waals surface area (Å²) >= 11 is 0. The largest absolute Gasteiger partial charge is 0.456 e. The van der Waals surface area contributed by atoms with Crippen LogP contribution in [0.2, 0.25) is 0 Å². The van der Waals surface area contributed by atoms with Gasteiger partial charge in [0.05, 0.1) is 16.9 Å². The van der Waals surface area contributed by atoms with Gasteiger partial charge in [-0.25, -0.2) is 4.79 Å². The standard InChI is InChI=1S/C30H26N2O3/c1-4-31-25-17-19(2)13-16-26(25)32(3)20-14-15-24-28(18-20)34-27-12-8-7-11-23(27)30(24)22-10-6-5-9-21(22)29(33)35-30/h5-18,31H,4H2,1-3H3. The molecule has 2 aliphatic heterocycles. The van der Waals surface area contributed by atoms with Crippen LogP contribution in [0.15, 0.2) is 84.9 Å². The summed E-state index contributed by atoms with van der Waals surface area (Å²) in [4.78, 5) is 15.1. The minimum atomic E-state index is -1.03. The van der Waals surface area contributed by atoms with Crippen LogP contribution in [-0.4, -0.2) is 19.6 Å². The maximum Gasteiger partial charge on any atom is 0.340 e. The highest BCUT2D eigenvalue weighted by atomic mass is 16.6. The number of benzene rings is 4. The Kier molecular flexibility index (Phi) is 4.81. The molecular formula is C30H26N2O3. The molecule has 0 bridgehead atoms. The van der Waals surface area contributed by atoms with Gasteiger partial charge in [-0.2, -0.15) is 0 Å². The second-order valence-electron chi connectivity index (χ2n) is 9.00. The number of nitrogens with zero attached hydrogens (tertiary/aromatic N) is 1. The van der Waals surface area contributed by atoms with E-state index in [1.54, 1.807) is 0 Å². The van der Waals surface area contributed by atoms with Gasteiger partial charge >= 0.3 is 5.97 Å². The van der Waals surface area contributed by atoms with E-state index in [4.69, 9.17) is 9.47 Å². The fourth-order valence-corrected chi connectivity index (χ4v) is 5.24. The number of nitrogens with one attached hydrogen (secondary N) is 1. The number of fused-ring (bicyclic) bond motifs is 6. The maximum atomic E-state index is 13.0. The van der Waals surface area contributed by atoms with Crippen molar-refractivity contribution < 1.29 is 14.3 Å². The fraction of sp³-hybridized carbons (Fsp3) is 0.167. The molecule has 1 unspecified atom stereocenters. The highest BCUT2D eigenvalue weighted by Crippen LogP contribution is 2.56. The highest BCUT2D eigenvalue weighted by Gasteiger charge is 2.53. The minimum Gasteiger partial charge on any atom is -0.456 e. The van der Waals surface area contributed by atoms with Crippen molar-refractivity contribution in [2.24, 2.45) is 0 Å². The van der Waals surface area contributed by atoms with Crippen LogP contribution in [0.3, 0.4) is 0 Å². The average Bonchev–Trinajstić information content (AvgIpc) is 3.17. The Hall–Kier alpha value is -4.25. The molecule has 0 aromatic heterocycles. The Morgan fingerprint density at radius 3 is 2.43 bits per heavy atom. The first-order valence-electron chi connectivity index (χ1n) is 11.9. The molecular weight excluding hydrogens is 436 g/mol. The van der Waals surface area contributed by atoms with E-state index in [0.29, 0.717) is 17.1 Å². The van der Waals surface area contributed by atoms with Gasteiger partial charge in [0.25, 0.3) is 0 Å². The van der Waals surface area contributed by atoms with Gasteiger partial charge in [0.15, 0.2) is 5.60 Å². The summed E-state index contributed by atoms with van der Waals surface area (Å²) in [5.41, 5.74) is 6.37. The van der Waals surface area contributed by atoms with Crippen LogP contribution >= 0.6 is 0 Å². The molecule has 0 aliphatic carbocycles. The molecule has 0 fully saturated rings. The molecule has 0 saturated carbocycles. The summed E-state index contributed by atoms with van der Waals surface area (Å²) in [5, 5.41) is 3.47. The van der Waals surface area contributed by atoms with Gasteiger partial charge in [0.1, 0.15) is 11.5 Å². The van der Waals surface area contributed by atoms with E-state index >= 15 is 0 Å². The number of anilines is 3. The van der Waals surface area contributed by atoms with E-state index in [-0.39, 0.29) is 5.97 Å². The molecule has 35 heavy (non-hydrogen) atoms. The summed E-state index contributed by atoms with van der Waals surface area (Å²) in [6.07, 6.45) is 0. The lowest BCUT2D eigenvalue weighted by Crippen LogP contribution is -2.33. The zero-order valence-electron chi connectivity index (χ0n) is 20.0. The van der Waals surface area contributed by atoms with Crippen molar-refractivity contribution in [1.29, 1.82) is 0 Å². The molecule has 1 atom stereocenters. The summed E-state index contributed by atoms with van der Waals surface area (Å²) < 4.78 is 12.6. The molecule has 1 N–H and O–H groups in total. The Balaban J connectivity index is 1.52. The van der Waals surface area contributed by atoms with Crippen LogP contribution in [0.25, 0.3) is 0 Å². The number of para-hydroxylation sites is 1. The number of carbonyl (C=O) groups excluding carboxylic acids is 1. The minimum absolute atomic E-state index is 0.320. The summed E-state index contributed by atoms with van der Waals surface area (Å²) in [7, 11) is 2.05. The SMILES string of the molecule is CCNc1cc(C)ccc1N(C)c1ccc2c(c1)Oc1ccccc1C21OC(=O)c2ccccc21. The molecule has 0 amide bonds. The Morgan fingerprint density at radius 2 is 1.60 bits per heavy atom. The third-order valence-electron chi connectivity index (χ3n) is 6.87. The lowest BCUT2D eigenvalue weighted by Gasteiger charge is -2.37. The first-order chi connectivity index (χ1) is 17.0. The number of hydrogen-bond acceptors (Lipinski definition) is 5. The van der Waals surface area contributed by atoms with Gasteiger partial charge < -0.3 is 19.7 Å². The zero-order chi connectivity index (χ0) is 24.2. The van der Waals surface area contributed by atoms with E-state index in [2.05, 4.69) is 48.3 Å². The fourth-order valence-electron chi connectivity index (χ4n) is 5.24. The number of esters is 1. The van der Waals surface area contributed by atoms with Crippen molar-refractivity contribution in [3.63, 3.8) is 0 Å². The number of carbonyl (C=O) groups is 1. The number of ether oxygens (including phenoxy) is 2. The Labute approximate surface area is 204 Å². The van der Waals surface area contributed by atoms with Crippen LogP contribution in [0.4, 0.5) is 17.1 Å². The molecule has 5 nitrogen and oxygen atoms in total. The second-order valence-corrected chi connectivity index (χ2v) is 9.00. The van der Waals surface area contributed by atoms with Crippen molar-refractivity contribution in [3.05, 3.63) is 113 Å². The van der Waals surface area contributed by atoms with Crippen molar-refractivity contribution in [1.82, 2.24) is 0 Å². The third kappa shape index (κ3) is 3.12. The first kappa shape index (κ1) is 21.3. The lowest BCUT2D eigenvalue weighted by atomic mass is 9.77. The van der Waals surface area contributed by atoms with Gasteiger partial charge in [-0.3, -0.25) is 0 Å². The third-order valence-corrected chi connectivity index (χ3v) is 6.87. The lowest BCUT2D eigenvalue weighted by molar-refractivity contribution is 0.0224. The van der Waals surface area contributed by atoms with Gasteiger partial charge in [0, 0.05) is 42.0 Å². The molecule has 2 heterocycles. The molecule has 2 aliphatic rings. The molecule has 1 spiro atoms. The smallest absolute Gasteiger partial charge is 0.340 e. The van der Waals surface area contributed by atoms with Crippen molar-refractivity contribution in [3.8, 4) is 11.5 Å². The second kappa shape index (κ2) is 7.91. The monoisotopic (exact) mass is 462 g/mol. The summed E-state index contributed by atoms with van der Waals surface area (Å²) in [6, 6.07) is 27.9. The summed E-state index contributed by atoms with van der Waals surface area (Å²) in [5.74, 6) is 1.04. The Bertz CT molecular complexity index is 1480. The number of rotatable bonds is 4. The topological polar surface area (TPSA) is 50.8 Å². The van der Waals surface area contributed by atoms with E-state index in [9.17, 15) is 4.79 Å². The zero-order valence-corrected chi connectivity index (χ0v) is 20.0. The molecule has 174 valence electrons. The first-order valence-corrected chi connectivity index (χ1v) is 11.9. The maximum absolute atomic E-state index is 13.0. The van der Waals surface area contributed by atoms with Crippen LogP contribution < -0.4 is 15.0 Å². The predicted molar refractivity (Wildman–Crippen MR) is 138 cm³/mol. The van der Waals surface area contributed by atoms with Crippen molar-refractivity contribution >= 4 is 23.0 Å². The molecule has 4 aromatic carbocycles. The molecule has 4 aromatic rings. The highest BCUT2D eigenvalue weighted by molar-refractivity contribution is 5.97. The quantitative estimate of drug-likeness (QED) is 0.340. The Morgan fingerprint density at radius 1 is 0.857 bits per heavy atom. The van der Waals surface area contributed by atoms with Gasteiger partial charge in [-0.1, -0.05) is 42.5 Å². The molecule has 0 saturated heterocycles. The van der Waals surface area contributed by atoms with E-state index in [0.717, 1.165) is 40.3 Å². The van der Waals surface area contributed by atoms with Gasteiger partial charge in [-0.15, -0.1) is 0 Å². The van der Waals surface area contributed by atoms with Crippen molar-refractivity contribution in [2.75, 3.05) is 23.8 Å². The molecule has 5 heteroatoms. The van der Waals surface area contributed by atoms with Crippen LogP contribution in [0.5, 0.6) is 11.5 Å².